The van der Waals surface area contributed by atoms with Crippen molar-refractivity contribution in [3.63, 3.8) is 0 Å². The van der Waals surface area contributed by atoms with Gasteiger partial charge in [-0.2, -0.15) is 0 Å². The third kappa shape index (κ3) is 3.49. The lowest BCUT2D eigenvalue weighted by atomic mass is 9.63. The number of benzene rings is 4. The van der Waals surface area contributed by atoms with Gasteiger partial charge in [0.1, 0.15) is 0 Å². The molecule has 0 fully saturated rings. The van der Waals surface area contributed by atoms with Crippen molar-refractivity contribution in [1.29, 1.82) is 0 Å². The molecule has 4 aromatic rings. The van der Waals surface area contributed by atoms with E-state index < -0.39 is 11.2 Å². The Morgan fingerprint density at radius 2 is 0.793 bits per heavy atom. The number of hydrogen-bond acceptors (Lipinski definition) is 2. The van der Waals surface area contributed by atoms with Crippen molar-refractivity contribution in [2.75, 3.05) is 0 Å². The molecule has 0 aliphatic rings. The normalized spacial score (nSPS) is 11.9. The van der Waals surface area contributed by atoms with E-state index in [0.29, 0.717) is 12.0 Å². The molecule has 0 unspecified atom stereocenters. The van der Waals surface area contributed by atoms with Crippen molar-refractivity contribution >= 4 is 0 Å². The maximum atomic E-state index is 11.8. The van der Waals surface area contributed by atoms with E-state index in [-0.39, 0.29) is 0 Å². The highest BCUT2D eigenvalue weighted by Gasteiger charge is 2.53. The lowest BCUT2D eigenvalue weighted by Gasteiger charge is -2.45. The molecule has 4 aromatic carbocycles. The second kappa shape index (κ2) is 8.04. The van der Waals surface area contributed by atoms with Crippen LogP contribution < -0.4 is 0 Å². The summed E-state index contributed by atoms with van der Waals surface area (Å²) in [4.78, 5) is 0. The average molecular weight is 380 g/mol. The minimum Gasteiger partial charge on any atom is -0.361 e. The van der Waals surface area contributed by atoms with Crippen LogP contribution in [-0.4, -0.2) is 10.2 Å². The van der Waals surface area contributed by atoms with Gasteiger partial charge in [-0.15, -0.1) is 0 Å². The van der Waals surface area contributed by atoms with Crippen molar-refractivity contribution < 1.29 is 10.2 Å². The number of rotatable bonds is 6. The Kier molecular flexibility index (Phi) is 5.30. The molecule has 0 heterocycles. The van der Waals surface area contributed by atoms with Crippen molar-refractivity contribution in [2.45, 2.75) is 17.6 Å². The van der Waals surface area contributed by atoms with Crippen molar-refractivity contribution in [1.82, 2.24) is 0 Å². The van der Waals surface area contributed by atoms with E-state index >= 15 is 0 Å². The molecule has 2 heteroatoms. The fraction of sp³-hybridized carbons (Fsp3) is 0.111. The van der Waals surface area contributed by atoms with E-state index in [0.717, 1.165) is 16.7 Å². The third-order valence-electron chi connectivity index (χ3n) is 5.62. The molecule has 0 spiro atoms. The summed E-state index contributed by atoms with van der Waals surface area (Å²) >= 11 is 0. The van der Waals surface area contributed by atoms with Crippen LogP contribution in [0.4, 0.5) is 0 Å². The van der Waals surface area contributed by atoms with Crippen molar-refractivity contribution in [3.05, 3.63) is 144 Å². The standard InChI is InChI=1S/C27H24O2/c28-27(29,25-19-11-4-12-20-25)26(23-15-7-2-8-16-23,24-17-9-3-10-18-24)21-22-13-5-1-6-14-22/h1-20,28-29H,21H2. The molecule has 0 radical (unpaired) electrons. The molecule has 0 aliphatic carbocycles. The van der Waals surface area contributed by atoms with Crippen molar-refractivity contribution in [3.8, 4) is 0 Å². The molecule has 0 saturated carbocycles. The molecule has 0 aliphatic heterocycles. The van der Waals surface area contributed by atoms with Gasteiger partial charge in [-0.25, -0.2) is 0 Å². The molecule has 0 atom stereocenters. The average Bonchev–Trinajstić information content (AvgIpc) is 2.80. The Bertz CT molecular complexity index is 987. The predicted molar refractivity (Wildman–Crippen MR) is 116 cm³/mol. The van der Waals surface area contributed by atoms with Crippen LogP contribution in [0.15, 0.2) is 121 Å². The first-order chi connectivity index (χ1) is 14.1. The molecule has 4 rings (SSSR count). The van der Waals surface area contributed by atoms with Gasteiger partial charge in [0.25, 0.3) is 0 Å². The Labute approximate surface area is 171 Å². The summed E-state index contributed by atoms with van der Waals surface area (Å²) in [5, 5.41) is 23.6. The first-order valence-corrected chi connectivity index (χ1v) is 9.80. The van der Waals surface area contributed by atoms with Gasteiger partial charge in [-0.1, -0.05) is 121 Å². The molecule has 2 nitrogen and oxygen atoms in total. The fourth-order valence-corrected chi connectivity index (χ4v) is 4.16. The zero-order chi connectivity index (χ0) is 20.2. The summed E-state index contributed by atoms with van der Waals surface area (Å²) in [6.45, 7) is 0. The van der Waals surface area contributed by atoms with Gasteiger partial charge < -0.3 is 10.2 Å². The van der Waals surface area contributed by atoms with Crippen LogP contribution in [0.3, 0.4) is 0 Å². The van der Waals surface area contributed by atoms with Gasteiger partial charge in [0, 0.05) is 5.56 Å². The van der Waals surface area contributed by atoms with Crippen LogP contribution in [0.1, 0.15) is 22.3 Å². The van der Waals surface area contributed by atoms with Crippen LogP contribution in [0.5, 0.6) is 0 Å². The van der Waals surface area contributed by atoms with Gasteiger partial charge in [-0.05, 0) is 23.1 Å². The van der Waals surface area contributed by atoms with Crippen LogP contribution in [0.2, 0.25) is 0 Å². The van der Waals surface area contributed by atoms with Gasteiger partial charge in [0.05, 0.1) is 5.41 Å². The van der Waals surface area contributed by atoms with Crippen LogP contribution in [0.25, 0.3) is 0 Å². The molecular weight excluding hydrogens is 356 g/mol. The van der Waals surface area contributed by atoms with Crippen LogP contribution >= 0.6 is 0 Å². The van der Waals surface area contributed by atoms with Crippen LogP contribution in [0, 0.1) is 0 Å². The van der Waals surface area contributed by atoms with E-state index in [1.165, 1.54) is 0 Å². The monoisotopic (exact) mass is 380 g/mol. The lowest BCUT2D eigenvalue weighted by Crippen LogP contribution is -2.51. The molecule has 0 saturated heterocycles. The highest BCUT2D eigenvalue weighted by Crippen LogP contribution is 2.48. The molecule has 0 amide bonds. The van der Waals surface area contributed by atoms with E-state index in [2.05, 4.69) is 0 Å². The van der Waals surface area contributed by atoms with E-state index in [1.54, 1.807) is 12.1 Å². The van der Waals surface area contributed by atoms with E-state index in [9.17, 15) is 10.2 Å². The Morgan fingerprint density at radius 3 is 1.21 bits per heavy atom. The first kappa shape index (κ1) is 19.1. The zero-order valence-corrected chi connectivity index (χ0v) is 16.1. The van der Waals surface area contributed by atoms with Gasteiger partial charge >= 0.3 is 0 Å². The topological polar surface area (TPSA) is 40.5 Å². The van der Waals surface area contributed by atoms with Gasteiger partial charge in [0.15, 0.2) is 0 Å². The maximum Gasteiger partial charge on any atom is 0.204 e. The highest BCUT2D eigenvalue weighted by molar-refractivity contribution is 5.47. The summed E-state index contributed by atoms with van der Waals surface area (Å²) in [5.41, 5.74) is 2.10. The summed E-state index contributed by atoms with van der Waals surface area (Å²) in [6, 6.07) is 38.6. The first-order valence-electron chi connectivity index (χ1n) is 9.80. The largest absolute Gasteiger partial charge is 0.361 e. The van der Waals surface area contributed by atoms with Gasteiger partial charge in [-0.3, -0.25) is 0 Å². The van der Waals surface area contributed by atoms with Crippen molar-refractivity contribution in [2.24, 2.45) is 0 Å². The Hall–Kier alpha value is -3.20. The third-order valence-corrected chi connectivity index (χ3v) is 5.62. The summed E-state index contributed by atoms with van der Waals surface area (Å²) < 4.78 is 0. The molecule has 29 heavy (non-hydrogen) atoms. The fourth-order valence-electron chi connectivity index (χ4n) is 4.16. The molecule has 0 aromatic heterocycles. The van der Waals surface area contributed by atoms with E-state index in [1.807, 2.05) is 109 Å². The molecule has 0 bridgehead atoms. The number of aliphatic hydroxyl groups is 2. The molecule has 144 valence electrons. The SMILES string of the molecule is OC(O)(c1ccccc1)C(Cc1ccccc1)(c1ccccc1)c1ccccc1. The second-order valence-electron chi connectivity index (χ2n) is 7.34. The molecule has 2 N–H and O–H groups in total. The smallest absolute Gasteiger partial charge is 0.204 e. The summed E-state index contributed by atoms with van der Waals surface area (Å²) in [6.07, 6.45) is 0.434. The minimum absolute atomic E-state index is 0.434. The van der Waals surface area contributed by atoms with E-state index in [4.69, 9.17) is 0 Å². The predicted octanol–water partition coefficient (Wildman–Crippen LogP) is 5.05. The minimum atomic E-state index is -2.13. The molecular formula is C27H24O2. The van der Waals surface area contributed by atoms with Crippen LogP contribution in [-0.2, 0) is 17.6 Å². The highest BCUT2D eigenvalue weighted by atomic mass is 16.5. The Morgan fingerprint density at radius 1 is 0.448 bits per heavy atom. The Balaban J connectivity index is 2.03. The van der Waals surface area contributed by atoms with Gasteiger partial charge in [0.2, 0.25) is 5.79 Å². The summed E-state index contributed by atoms with van der Waals surface area (Å²) in [5.74, 6) is -2.13. The quantitative estimate of drug-likeness (QED) is 0.459. The number of hydrogen-bond donors (Lipinski definition) is 2. The second-order valence-corrected chi connectivity index (χ2v) is 7.34. The maximum absolute atomic E-state index is 11.8. The summed E-state index contributed by atoms with van der Waals surface area (Å²) in [7, 11) is 0. The lowest BCUT2D eigenvalue weighted by molar-refractivity contribution is -0.213. The zero-order valence-electron chi connectivity index (χ0n) is 16.1.